The Bertz CT molecular complexity index is 602. The largest absolute Gasteiger partial charge is 0.338 e. The molecule has 1 saturated heterocycles. The molecule has 8 nitrogen and oxygen atoms in total. The van der Waals surface area contributed by atoms with Gasteiger partial charge in [0, 0.05) is 51.7 Å². The minimum Gasteiger partial charge on any atom is -0.338 e. The normalized spacial score (nSPS) is 18.4. The molecule has 2 rings (SSSR count). The van der Waals surface area contributed by atoms with Gasteiger partial charge in [0.05, 0.1) is 6.26 Å². The van der Waals surface area contributed by atoms with Gasteiger partial charge in [0.2, 0.25) is 10.0 Å². The first kappa shape index (κ1) is 17.7. The molecule has 2 heterocycles. The molecule has 1 aliphatic heterocycles. The van der Waals surface area contributed by atoms with Crippen LogP contribution in [0.15, 0.2) is 18.5 Å². The average molecular weight is 343 g/mol. The Hall–Kier alpha value is -1.61. The number of carbonyl (C=O) groups excluding carboxylic acids is 1. The van der Waals surface area contributed by atoms with Crippen molar-refractivity contribution in [1.29, 1.82) is 0 Å². The third-order valence-corrected chi connectivity index (χ3v) is 5.17. The summed E-state index contributed by atoms with van der Waals surface area (Å²) in [5, 5.41) is 7.07. The van der Waals surface area contributed by atoms with Crippen LogP contribution in [0.4, 0.5) is 4.79 Å². The first-order valence-corrected chi connectivity index (χ1v) is 9.66. The summed E-state index contributed by atoms with van der Waals surface area (Å²) in [6, 6.07) is 1.74. The van der Waals surface area contributed by atoms with E-state index in [1.54, 1.807) is 11.1 Å². The van der Waals surface area contributed by atoms with Crippen LogP contribution in [0.1, 0.15) is 13.3 Å². The predicted octanol–water partition coefficient (Wildman–Crippen LogP) is 0.196. The predicted molar refractivity (Wildman–Crippen MR) is 87.4 cm³/mol. The molecular weight excluding hydrogens is 318 g/mol. The number of aromatic nitrogens is 2. The Morgan fingerprint density at radius 2 is 2.09 bits per heavy atom. The van der Waals surface area contributed by atoms with Gasteiger partial charge >= 0.3 is 6.03 Å². The first-order valence-electron chi connectivity index (χ1n) is 7.81. The van der Waals surface area contributed by atoms with E-state index in [9.17, 15) is 13.2 Å². The lowest BCUT2D eigenvalue weighted by Crippen LogP contribution is -2.44. The van der Waals surface area contributed by atoms with E-state index in [2.05, 4.69) is 17.3 Å². The minimum absolute atomic E-state index is 0.132. The molecule has 1 aromatic heterocycles. The van der Waals surface area contributed by atoms with Gasteiger partial charge in [0.1, 0.15) is 0 Å². The fourth-order valence-electron chi connectivity index (χ4n) is 2.59. The molecular formula is C14H25N5O3S. The summed E-state index contributed by atoms with van der Waals surface area (Å²) in [6.45, 7) is 5.18. The molecule has 1 aliphatic rings. The second kappa shape index (κ2) is 7.78. The molecule has 0 aromatic carbocycles. The van der Waals surface area contributed by atoms with Gasteiger partial charge < -0.3 is 10.2 Å². The van der Waals surface area contributed by atoms with Crippen LogP contribution >= 0.6 is 0 Å². The zero-order valence-corrected chi connectivity index (χ0v) is 14.5. The number of carbonyl (C=O) groups is 1. The van der Waals surface area contributed by atoms with E-state index in [4.69, 9.17) is 0 Å². The van der Waals surface area contributed by atoms with Crippen LogP contribution in [0.3, 0.4) is 0 Å². The van der Waals surface area contributed by atoms with Gasteiger partial charge in [0.15, 0.2) is 0 Å². The first-order chi connectivity index (χ1) is 10.9. The third kappa shape index (κ3) is 5.51. The molecule has 0 spiro atoms. The summed E-state index contributed by atoms with van der Waals surface area (Å²) in [7, 11) is -3.19. The molecule has 9 heteroatoms. The topological polar surface area (TPSA) is 87.5 Å². The quantitative estimate of drug-likeness (QED) is 0.827. The van der Waals surface area contributed by atoms with Gasteiger partial charge in [0.25, 0.3) is 0 Å². The highest BCUT2D eigenvalue weighted by Gasteiger charge is 2.23. The molecule has 2 amide bonds. The molecule has 0 aliphatic carbocycles. The van der Waals surface area contributed by atoms with Crippen molar-refractivity contribution in [2.45, 2.75) is 19.9 Å². The van der Waals surface area contributed by atoms with Crippen molar-refractivity contribution in [2.24, 2.45) is 5.92 Å². The van der Waals surface area contributed by atoms with E-state index in [-0.39, 0.29) is 11.9 Å². The standard InChI is InChI=1S/C14H25N5O3S/c1-13(12-18-7-3-5-16-18)11-15-14(20)17-6-4-8-19(10-9-17)23(2,21)22/h3,5,7,13H,4,6,8-12H2,1-2H3,(H,15,20)/t13-/m1/s1. The van der Waals surface area contributed by atoms with Crippen LogP contribution in [0.2, 0.25) is 0 Å². The van der Waals surface area contributed by atoms with Crippen LogP contribution in [-0.2, 0) is 16.6 Å². The van der Waals surface area contributed by atoms with Gasteiger partial charge in [-0.25, -0.2) is 17.5 Å². The van der Waals surface area contributed by atoms with Crippen LogP contribution in [0.5, 0.6) is 0 Å². The molecule has 0 bridgehead atoms. The van der Waals surface area contributed by atoms with E-state index in [1.165, 1.54) is 10.6 Å². The van der Waals surface area contributed by atoms with E-state index >= 15 is 0 Å². The Kier molecular flexibility index (Phi) is 6.00. The fourth-order valence-corrected chi connectivity index (χ4v) is 3.47. The number of urea groups is 1. The smallest absolute Gasteiger partial charge is 0.317 e. The van der Waals surface area contributed by atoms with Gasteiger partial charge in [-0.15, -0.1) is 0 Å². The maximum atomic E-state index is 12.2. The SMILES string of the molecule is C[C@H](CNC(=O)N1CCCN(S(C)(=O)=O)CC1)Cn1cccn1. The highest BCUT2D eigenvalue weighted by atomic mass is 32.2. The van der Waals surface area contributed by atoms with Crippen molar-refractivity contribution in [1.82, 2.24) is 24.3 Å². The average Bonchev–Trinajstić information content (AvgIpc) is 2.84. The lowest BCUT2D eigenvalue weighted by atomic mass is 10.2. The molecule has 0 saturated carbocycles. The zero-order valence-electron chi connectivity index (χ0n) is 13.7. The van der Waals surface area contributed by atoms with E-state index in [0.717, 1.165) is 6.54 Å². The lowest BCUT2D eigenvalue weighted by Gasteiger charge is -2.22. The molecule has 1 fully saturated rings. The van der Waals surface area contributed by atoms with Crippen LogP contribution < -0.4 is 5.32 Å². The molecule has 0 radical (unpaired) electrons. The maximum Gasteiger partial charge on any atom is 0.317 e. The Morgan fingerprint density at radius 1 is 1.30 bits per heavy atom. The summed E-state index contributed by atoms with van der Waals surface area (Å²) >= 11 is 0. The number of hydrogen-bond donors (Lipinski definition) is 1. The fraction of sp³-hybridized carbons (Fsp3) is 0.714. The Balaban J connectivity index is 1.77. The number of nitrogens with one attached hydrogen (secondary N) is 1. The summed E-state index contributed by atoms with van der Waals surface area (Å²) < 4.78 is 26.4. The van der Waals surface area contributed by atoms with Crippen molar-refractivity contribution < 1.29 is 13.2 Å². The second-order valence-corrected chi connectivity index (χ2v) is 8.00. The summed E-state index contributed by atoms with van der Waals surface area (Å²) in [6.07, 6.45) is 5.49. The van der Waals surface area contributed by atoms with Gasteiger partial charge in [-0.1, -0.05) is 6.92 Å². The molecule has 130 valence electrons. The van der Waals surface area contributed by atoms with Crippen LogP contribution in [0, 0.1) is 5.92 Å². The van der Waals surface area contributed by atoms with Gasteiger partial charge in [-0.3, -0.25) is 4.68 Å². The third-order valence-electron chi connectivity index (χ3n) is 3.87. The molecule has 1 atom stereocenters. The van der Waals surface area contributed by atoms with Crippen molar-refractivity contribution in [2.75, 3.05) is 39.0 Å². The highest BCUT2D eigenvalue weighted by Crippen LogP contribution is 2.07. The van der Waals surface area contributed by atoms with Crippen molar-refractivity contribution in [3.8, 4) is 0 Å². The number of nitrogens with zero attached hydrogens (tertiary/aromatic N) is 4. The molecule has 0 unspecified atom stereocenters. The number of sulfonamides is 1. The molecule has 1 N–H and O–H groups in total. The van der Waals surface area contributed by atoms with Crippen molar-refractivity contribution in [3.05, 3.63) is 18.5 Å². The highest BCUT2D eigenvalue weighted by molar-refractivity contribution is 7.88. The van der Waals surface area contributed by atoms with E-state index in [1.807, 2.05) is 16.9 Å². The number of rotatable bonds is 5. The summed E-state index contributed by atoms with van der Waals surface area (Å²) in [5.41, 5.74) is 0. The van der Waals surface area contributed by atoms with Crippen LogP contribution in [0.25, 0.3) is 0 Å². The zero-order chi connectivity index (χ0) is 16.9. The van der Waals surface area contributed by atoms with E-state index in [0.29, 0.717) is 39.1 Å². The Morgan fingerprint density at radius 3 is 2.74 bits per heavy atom. The van der Waals surface area contributed by atoms with Crippen LogP contribution in [-0.4, -0.2) is 72.4 Å². The second-order valence-electron chi connectivity index (χ2n) is 6.02. The van der Waals surface area contributed by atoms with Gasteiger partial charge in [-0.05, 0) is 18.4 Å². The minimum atomic E-state index is -3.19. The summed E-state index contributed by atoms with van der Waals surface area (Å²) in [4.78, 5) is 13.9. The number of amides is 2. The van der Waals surface area contributed by atoms with Crippen molar-refractivity contribution >= 4 is 16.1 Å². The number of hydrogen-bond acceptors (Lipinski definition) is 4. The lowest BCUT2D eigenvalue weighted by molar-refractivity contribution is 0.198. The molecule has 23 heavy (non-hydrogen) atoms. The van der Waals surface area contributed by atoms with Crippen molar-refractivity contribution in [3.63, 3.8) is 0 Å². The molecule has 1 aromatic rings. The summed E-state index contributed by atoms with van der Waals surface area (Å²) in [5.74, 6) is 0.262. The monoisotopic (exact) mass is 343 g/mol. The van der Waals surface area contributed by atoms with E-state index < -0.39 is 10.0 Å². The van der Waals surface area contributed by atoms with Gasteiger partial charge in [-0.2, -0.15) is 5.10 Å². The maximum absolute atomic E-state index is 12.2. The Labute approximate surface area is 137 Å².